The van der Waals surface area contributed by atoms with Gasteiger partial charge in [0.25, 0.3) is 0 Å². The molecule has 84 valence electrons. The molecule has 0 bridgehead atoms. The van der Waals surface area contributed by atoms with Crippen LogP contribution in [0.25, 0.3) is 0 Å². The first-order valence-corrected chi connectivity index (χ1v) is 6.45. The molecule has 0 aliphatic carbocycles. The smallest absolute Gasteiger partial charge is 0.0994 e. The molecule has 0 heterocycles. The van der Waals surface area contributed by atoms with Crippen LogP contribution in [0.2, 0.25) is 0 Å². The number of nitriles is 1. The van der Waals surface area contributed by atoms with Crippen LogP contribution in [0, 0.1) is 18.3 Å². The average Bonchev–Trinajstić information content (AvgIpc) is 2.37. The molecule has 0 spiro atoms. The van der Waals surface area contributed by atoms with Gasteiger partial charge in [0.2, 0.25) is 0 Å². The number of rotatable bonds is 3. The largest absolute Gasteiger partial charge is 0.192 e. The Balaban J connectivity index is 2.10. The molecule has 0 aromatic heterocycles. The lowest BCUT2D eigenvalue weighted by molar-refractivity contribution is 1.32. The van der Waals surface area contributed by atoms with Crippen LogP contribution in [0.3, 0.4) is 0 Å². The molecule has 2 heteroatoms. The van der Waals surface area contributed by atoms with Crippen molar-refractivity contribution in [2.45, 2.75) is 17.6 Å². The van der Waals surface area contributed by atoms with Gasteiger partial charge < -0.3 is 0 Å². The second-order valence-electron chi connectivity index (χ2n) is 3.87. The van der Waals surface area contributed by atoms with E-state index in [1.54, 1.807) is 11.8 Å². The highest BCUT2D eigenvalue weighted by atomic mass is 32.2. The summed E-state index contributed by atoms with van der Waals surface area (Å²) >= 11 is 1.77. The minimum atomic E-state index is 0.771. The van der Waals surface area contributed by atoms with Crippen molar-refractivity contribution in [1.82, 2.24) is 0 Å². The van der Waals surface area contributed by atoms with E-state index >= 15 is 0 Å². The van der Waals surface area contributed by atoms with E-state index < -0.39 is 0 Å². The Bertz CT molecular complexity index is 555. The zero-order valence-electron chi connectivity index (χ0n) is 9.68. The third-order valence-corrected chi connectivity index (χ3v) is 3.56. The summed E-state index contributed by atoms with van der Waals surface area (Å²) in [7, 11) is 0. The van der Waals surface area contributed by atoms with Crippen LogP contribution in [0.4, 0.5) is 0 Å². The van der Waals surface area contributed by atoms with Crippen molar-refractivity contribution < 1.29 is 0 Å². The zero-order chi connectivity index (χ0) is 12.1. The molecule has 0 radical (unpaired) electrons. The van der Waals surface area contributed by atoms with Crippen LogP contribution >= 0.6 is 11.8 Å². The Morgan fingerprint density at radius 1 is 1.12 bits per heavy atom. The van der Waals surface area contributed by atoms with Gasteiger partial charge in [-0.25, -0.2) is 0 Å². The number of hydrogen-bond acceptors (Lipinski definition) is 2. The molecule has 0 saturated carbocycles. The molecular weight excluding hydrogens is 226 g/mol. The normalized spacial score (nSPS) is 9.88. The summed E-state index contributed by atoms with van der Waals surface area (Å²) in [6, 6.07) is 18.4. The Labute approximate surface area is 106 Å². The van der Waals surface area contributed by atoms with Crippen molar-refractivity contribution in [2.24, 2.45) is 0 Å². The summed E-state index contributed by atoms with van der Waals surface area (Å²) in [5.41, 5.74) is 3.14. The van der Waals surface area contributed by atoms with Crippen LogP contribution in [-0.2, 0) is 5.75 Å². The summed E-state index contributed by atoms with van der Waals surface area (Å²) in [6.45, 7) is 2.09. The molecule has 2 rings (SSSR count). The third kappa shape index (κ3) is 3.12. The fraction of sp³-hybridized carbons (Fsp3) is 0.133. The lowest BCUT2D eigenvalue weighted by Gasteiger charge is -2.04. The molecule has 0 amide bonds. The Morgan fingerprint density at radius 2 is 1.94 bits per heavy atom. The summed E-state index contributed by atoms with van der Waals surface area (Å²) in [6.07, 6.45) is 0. The molecule has 0 unspecified atom stereocenters. The van der Waals surface area contributed by atoms with Gasteiger partial charge in [-0.2, -0.15) is 5.26 Å². The summed E-state index contributed by atoms with van der Waals surface area (Å²) in [4.78, 5) is 1.25. The summed E-state index contributed by atoms with van der Waals surface area (Å²) < 4.78 is 0. The lowest BCUT2D eigenvalue weighted by atomic mass is 10.1. The van der Waals surface area contributed by atoms with Gasteiger partial charge in [-0.15, -0.1) is 11.8 Å². The first kappa shape index (κ1) is 11.8. The van der Waals surface area contributed by atoms with Crippen molar-refractivity contribution in [2.75, 3.05) is 0 Å². The highest BCUT2D eigenvalue weighted by Crippen LogP contribution is 2.24. The second-order valence-corrected chi connectivity index (χ2v) is 4.92. The molecular formula is C15H13NS. The molecule has 2 aromatic rings. The van der Waals surface area contributed by atoms with Gasteiger partial charge in [-0.05, 0) is 30.7 Å². The maximum atomic E-state index is 9.00. The van der Waals surface area contributed by atoms with E-state index in [4.69, 9.17) is 5.26 Å². The van der Waals surface area contributed by atoms with E-state index in [0.29, 0.717) is 0 Å². The first-order chi connectivity index (χ1) is 8.29. The SMILES string of the molecule is Cc1cccc(SCc2ccccc2C#N)c1. The van der Waals surface area contributed by atoms with Gasteiger partial charge in [0.15, 0.2) is 0 Å². The number of benzene rings is 2. The van der Waals surface area contributed by atoms with Crippen molar-refractivity contribution in [3.8, 4) is 6.07 Å². The first-order valence-electron chi connectivity index (χ1n) is 5.47. The fourth-order valence-electron chi connectivity index (χ4n) is 1.62. The van der Waals surface area contributed by atoms with Gasteiger partial charge in [0.1, 0.15) is 0 Å². The van der Waals surface area contributed by atoms with Crippen molar-refractivity contribution in [3.63, 3.8) is 0 Å². The molecule has 0 atom stereocenters. The predicted octanol–water partition coefficient (Wildman–Crippen LogP) is 4.16. The third-order valence-electron chi connectivity index (χ3n) is 2.52. The van der Waals surface area contributed by atoms with Crippen molar-refractivity contribution in [1.29, 1.82) is 5.26 Å². The Hall–Kier alpha value is -1.72. The van der Waals surface area contributed by atoms with Crippen LogP contribution in [0.15, 0.2) is 53.4 Å². The Morgan fingerprint density at radius 3 is 2.71 bits per heavy atom. The van der Waals surface area contributed by atoms with Gasteiger partial charge in [0, 0.05) is 10.6 Å². The highest BCUT2D eigenvalue weighted by Gasteiger charge is 2.01. The maximum absolute atomic E-state index is 9.00. The monoisotopic (exact) mass is 239 g/mol. The van der Waals surface area contributed by atoms with E-state index in [-0.39, 0.29) is 0 Å². The second kappa shape index (κ2) is 5.56. The standard InChI is InChI=1S/C15H13NS/c1-12-5-4-8-15(9-12)17-11-14-7-3-2-6-13(14)10-16/h2-9H,11H2,1H3. The van der Waals surface area contributed by atoms with E-state index in [1.807, 2.05) is 24.3 Å². The summed E-state index contributed by atoms with van der Waals surface area (Å²) in [5, 5.41) is 9.00. The van der Waals surface area contributed by atoms with Crippen molar-refractivity contribution >= 4 is 11.8 Å². The number of hydrogen-bond donors (Lipinski definition) is 0. The molecule has 0 fully saturated rings. The summed E-state index contributed by atoms with van der Waals surface area (Å²) in [5.74, 6) is 0.840. The van der Waals surface area contributed by atoms with E-state index in [9.17, 15) is 0 Å². The van der Waals surface area contributed by atoms with Crippen molar-refractivity contribution in [3.05, 3.63) is 65.2 Å². The highest BCUT2D eigenvalue weighted by molar-refractivity contribution is 7.98. The molecule has 17 heavy (non-hydrogen) atoms. The molecule has 0 aliphatic heterocycles. The maximum Gasteiger partial charge on any atom is 0.0994 e. The quantitative estimate of drug-likeness (QED) is 0.751. The average molecular weight is 239 g/mol. The predicted molar refractivity (Wildman–Crippen MR) is 71.9 cm³/mol. The van der Waals surface area contributed by atoms with Crippen LogP contribution < -0.4 is 0 Å². The number of nitrogens with zero attached hydrogens (tertiary/aromatic N) is 1. The lowest BCUT2D eigenvalue weighted by Crippen LogP contribution is -1.86. The molecule has 0 aliphatic rings. The number of thioether (sulfide) groups is 1. The van der Waals surface area contributed by atoms with Gasteiger partial charge in [-0.3, -0.25) is 0 Å². The van der Waals surface area contributed by atoms with E-state index in [1.165, 1.54) is 10.5 Å². The Kier molecular flexibility index (Phi) is 3.85. The van der Waals surface area contributed by atoms with Gasteiger partial charge in [0.05, 0.1) is 11.6 Å². The van der Waals surface area contributed by atoms with E-state index in [2.05, 4.69) is 37.3 Å². The van der Waals surface area contributed by atoms with Gasteiger partial charge >= 0.3 is 0 Å². The molecule has 0 N–H and O–H groups in total. The van der Waals surface area contributed by atoms with Crippen LogP contribution in [0.1, 0.15) is 16.7 Å². The van der Waals surface area contributed by atoms with E-state index in [0.717, 1.165) is 16.9 Å². The minimum Gasteiger partial charge on any atom is -0.192 e. The van der Waals surface area contributed by atoms with Gasteiger partial charge in [-0.1, -0.05) is 35.9 Å². The minimum absolute atomic E-state index is 0.771. The topological polar surface area (TPSA) is 23.8 Å². The van der Waals surface area contributed by atoms with Crippen LogP contribution in [0.5, 0.6) is 0 Å². The zero-order valence-corrected chi connectivity index (χ0v) is 10.5. The fourth-order valence-corrected chi connectivity index (χ4v) is 2.64. The number of aryl methyl sites for hydroxylation is 1. The molecule has 2 aromatic carbocycles. The molecule has 1 nitrogen and oxygen atoms in total. The van der Waals surface area contributed by atoms with Crippen LogP contribution in [-0.4, -0.2) is 0 Å². The molecule has 0 saturated heterocycles.